The third-order valence-electron chi connectivity index (χ3n) is 6.88. The van der Waals surface area contributed by atoms with E-state index in [1.807, 2.05) is 30.3 Å². The minimum atomic E-state index is -0.400. The Hall–Kier alpha value is -3.62. The minimum Gasteiger partial charge on any atom is -0.507 e. The summed E-state index contributed by atoms with van der Waals surface area (Å²) in [5.74, 6) is 1.47. The fraction of sp³-hybridized carbons (Fsp3) is 0.172. The highest BCUT2D eigenvalue weighted by molar-refractivity contribution is 9.10. The van der Waals surface area contributed by atoms with Crippen LogP contribution in [0, 0.1) is 0 Å². The molecular formula is C29H23BrN2O4S. The SMILES string of the molecule is COc1ccc(OC)c(C2C3=C(N=c4sc(=Cc5cc(Br)ccc5O)c(=O)n42)c2ccccc2CC3)c1. The molecular weight excluding hydrogens is 552 g/mol. The van der Waals surface area contributed by atoms with Crippen molar-refractivity contribution in [3.05, 3.63) is 113 Å². The number of methoxy groups -OCH3 is 2. The van der Waals surface area contributed by atoms with Gasteiger partial charge in [-0.05, 0) is 66.5 Å². The number of nitrogens with zero attached hydrogens (tertiary/aromatic N) is 2. The third-order valence-corrected chi connectivity index (χ3v) is 8.36. The summed E-state index contributed by atoms with van der Waals surface area (Å²) >= 11 is 4.77. The Morgan fingerprint density at radius 3 is 2.73 bits per heavy atom. The summed E-state index contributed by atoms with van der Waals surface area (Å²) in [7, 11) is 3.26. The van der Waals surface area contributed by atoms with Crippen molar-refractivity contribution in [2.75, 3.05) is 14.2 Å². The Balaban J connectivity index is 1.67. The molecule has 186 valence electrons. The lowest BCUT2D eigenvalue weighted by Gasteiger charge is -2.31. The number of rotatable bonds is 4. The van der Waals surface area contributed by atoms with Gasteiger partial charge >= 0.3 is 0 Å². The lowest BCUT2D eigenvalue weighted by atomic mass is 9.83. The van der Waals surface area contributed by atoms with Gasteiger partial charge in [-0.25, -0.2) is 4.99 Å². The molecule has 1 aromatic heterocycles. The number of hydrogen-bond donors (Lipinski definition) is 1. The molecule has 1 aliphatic carbocycles. The lowest BCUT2D eigenvalue weighted by Crippen LogP contribution is -2.39. The monoisotopic (exact) mass is 574 g/mol. The van der Waals surface area contributed by atoms with Crippen LogP contribution in [0.5, 0.6) is 17.2 Å². The zero-order valence-electron chi connectivity index (χ0n) is 20.2. The van der Waals surface area contributed by atoms with E-state index in [4.69, 9.17) is 14.5 Å². The maximum atomic E-state index is 14.0. The first-order valence-electron chi connectivity index (χ1n) is 11.8. The molecule has 0 spiro atoms. The summed E-state index contributed by atoms with van der Waals surface area (Å²) in [6.07, 6.45) is 3.36. The highest BCUT2D eigenvalue weighted by Crippen LogP contribution is 2.44. The van der Waals surface area contributed by atoms with E-state index >= 15 is 0 Å². The Morgan fingerprint density at radius 1 is 1.08 bits per heavy atom. The van der Waals surface area contributed by atoms with E-state index in [0.717, 1.165) is 39.7 Å². The van der Waals surface area contributed by atoms with Crippen LogP contribution in [0.3, 0.4) is 0 Å². The average molecular weight is 575 g/mol. The molecule has 0 bridgehead atoms. The molecule has 8 heteroatoms. The molecule has 2 heterocycles. The zero-order valence-corrected chi connectivity index (χ0v) is 22.6. The van der Waals surface area contributed by atoms with Gasteiger partial charge in [-0.15, -0.1) is 0 Å². The quantitative estimate of drug-likeness (QED) is 0.380. The van der Waals surface area contributed by atoms with Crippen LogP contribution < -0.4 is 24.4 Å². The van der Waals surface area contributed by atoms with E-state index in [2.05, 4.69) is 28.1 Å². The molecule has 37 heavy (non-hydrogen) atoms. The van der Waals surface area contributed by atoms with E-state index in [1.165, 1.54) is 16.9 Å². The van der Waals surface area contributed by atoms with E-state index in [9.17, 15) is 9.90 Å². The topological polar surface area (TPSA) is 73.1 Å². The van der Waals surface area contributed by atoms with Crippen molar-refractivity contribution in [1.82, 2.24) is 4.57 Å². The van der Waals surface area contributed by atoms with Crippen molar-refractivity contribution in [2.45, 2.75) is 18.9 Å². The zero-order chi connectivity index (χ0) is 25.7. The Morgan fingerprint density at radius 2 is 1.92 bits per heavy atom. The van der Waals surface area contributed by atoms with Crippen molar-refractivity contribution >= 4 is 39.0 Å². The molecule has 1 unspecified atom stereocenters. The van der Waals surface area contributed by atoms with Gasteiger partial charge in [0.1, 0.15) is 17.2 Å². The van der Waals surface area contributed by atoms with Crippen LogP contribution in [-0.2, 0) is 6.42 Å². The van der Waals surface area contributed by atoms with Gasteiger partial charge in [-0.1, -0.05) is 51.5 Å². The number of phenols is 1. The summed E-state index contributed by atoms with van der Waals surface area (Å²) in [4.78, 5) is 19.6. The van der Waals surface area contributed by atoms with Crippen LogP contribution in [0.1, 0.15) is 34.7 Å². The fourth-order valence-corrected chi connectivity index (χ4v) is 6.50. The summed E-state index contributed by atoms with van der Waals surface area (Å²) in [5, 5.41) is 10.4. The van der Waals surface area contributed by atoms with E-state index in [0.29, 0.717) is 26.4 Å². The predicted molar refractivity (Wildman–Crippen MR) is 148 cm³/mol. The van der Waals surface area contributed by atoms with E-state index in [-0.39, 0.29) is 11.3 Å². The average Bonchev–Trinajstić information content (AvgIpc) is 3.23. The first kappa shape index (κ1) is 23.8. The molecule has 0 radical (unpaired) electrons. The number of allylic oxidation sites excluding steroid dienone is 1. The number of hydrogen-bond acceptors (Lipinski definition) is 6. The summed E-state index contributed by atoms with van der Waals surface area (Å²) in [5.41, 5.74) is 5.58. The van der Waals surface area contributed by atoms with Crippen LogP contribution in [0.25, 0.3) is 11.8 Å². The summed E-state index contributed by atoms with van der Waals surface area (Å²) < 4.78 is 14.4. The van der Waals surface area contributed by atoms with Gasteiger partial charge in [0.2, 0.25) is 0 Å². The molecule has 6 rings (SSSR count). The highest BCUT2D eigenvalue weighted by Gasteiger charge is 2.34. The molecule has 4 aromatic rings. The molecule has 1 atom stereocenters. The number of thiazole rings is 1. The minimum absolute atomic E-state index is 0.105. The molecule has 0 fully saturated rings. The van der Waals surface area contributed by atoms with Gasteiger partial charge in [0.05, 0.1) is 30.5 Å². The molecule has 0 saturated carbocycles. The largest absolute Gasteiger partial charge is 0.507 e. The van der Waals surface area contributed by atoms with Crippen molar-refractivity contribution < 1.29 is 14.6 Å². The first-order chi connectivity index (χ1) is 18.0. The number of ether oxygens (including phenoxy) is 2. The second-order valence-corrected chi connectivity index (χ2v) is 10.8. The molecule has 2 aliphatic rings. The van der Waals surface area contributed by atoms with E-state index in [1.54, 1.807) is 43.1 Å². The van der Waals surface area contributed by atoms with Crippen LogP contribution >= 0.6 is 27.3 Å². The lowest BCUT2D eigenvalue weighted by molar-refractivity contribution is 0.392. The van der Waals surface area contributed by atoms with Crippen molar-refractivity contribution in [1.29, 1.82) is 0 Å². The van der Waals surface area contributed by atoms with Crippen molar-refractivity contribution in [2.24, 2.45) is 4.99 Å². The highest BCUT2D eigenvalue weighted by atomic mass is 79.9. The number of fused-ring (bicyclic) bond motifs is 3. The predicted octanol–water partition coefficient (Wildman–Crippen LogP) is 4.80. The Labute approximate surface area is 225 Å². The number of halogens is 1. The smallest absolute Gasteiger partial charge is 0.271 e. The van der Waals surface area contributed by atoms with Crippen molar-refractivity contribution in [3.63, 3.8) is 0 Å². The first-order valence-corrected chi connectivity index (χ1v) is 13.4. The molecule has 3 aromatic carbocycles. The summed E-state index contributed by atoms with van der Waals surface area (Å²) in [6.45, 7) is 0. The normalized spacial score (nSPS) is 16.5. The fourth-order valence-electron chi connectivity index (χ4n) is 5.13. The third kappa shape index (κ3) is 4.01. The Bertz CT molecular complexity index is 1770. The molecule has 0 amide bonds. The number of phenolic OH excluding ortho intramolecular Hbond substituents is 1. The van der Waals surface area contributed by atoms with Gasteiger partial charge in [0.25, 0.3) is 5.56 Å². The van der Waals surface area contributed by atoms with Crippen LogP contribution in [0.15, 0.2) is 80.5 Å². The molecule has 6 nitrogen and oxygen atoms in total. The standard InChI is InChI=1S/C29H23BrN2O4S/c1-35-19-9-12-24(36-2)22(15-19)27-21-10-7-16-5-3-4-6-20(16)26(21)31-29-32(27)28(34)25(37-29)14-17-13-18(30)8-11-23(17)33/h3-6,8-9,11-15,27,33H,7,10H2,1-2H3. The summed E-state index contributed by atoms with van der Waals surface area (Å²) in [6, 6.07) is 18.7. The molecule has 1 aliphatic heterocycles. The van der Waals surface area contributed by atoms with Gasteiger partial charge in [-0.2, -0.15) is 0 Å². The Kier molecular flexibility index (Phi) is 6.01. The second-order valence-electron chi connectivity index (χ2n) is 8.92. The van der Waals surface area contributed by atoms with E-state index < -0.39 is 6.04 Å². The molecule has 1 N–H and O–H groups in total. The molecule has 0 saturated heterocycles. The van der Waals surface area contributed by atoms with Gasteiger partial charge < -0.3 is 14.6 Å². The van der Waals surface area contributed by atoms with Crippen molar-refractivity contribution in [3.8, 4) is 17.2 Å². The second kappa shape index (κ2) is 9.36. The van der Waals surface area contributed by atoms with Gasteiger partial charge in [0, 0.05) is 21.2 Å². The maximum absolute atomic E-state index is 14.0. The number of aromatic nitrogens is 1. The van der Waals surface area contributed by atoms with Crippen LogP contribution in [0.2, 0.25) is 0 Å². The van der Waals surface area contributed by atoms with Gasteiger partial charge in [-0.3, -0.25) is 9.36 Å². The number of benzene rings is 3. The number of aromatic hydroxyl groups is 1. The number of aryl methyl sites for hydroxylation is 1. The van der Waals surface area contributed by atoms with Crippen LogP contribution in [0.4, 0.5) is 0 Å². The maximum Gasteiger partial charge on any atom is 0.271 e. The van der Waals surface area contributed by atoms with Gasteiger partial charge in [0.15, 0.2) is 4.80 Å². The van der Waals surface area contributed by atoms with Crippen LogP contribution in [-0.4, -0.2) is 23.9 Å².